The van der Waals surface area contributed by atoms with Crippen LogP contribution in [-0.2, 0) is 24.4 Å². The van der Waals surface area contributed by atoms with Crippen molar-refractivity contribution < 1.29 is 28.0 Å². The van der Waals surface area contributed by atoms with Crippen LogP contribution in [-0.4, -0.2) is 28.7 Å². The van der Waals surface area contributed by atoms with Crippen LogP contribution in [0, 0.1) is 11.7 Å². The maximum atomic E-state index is 13.3. The van der Waals surface area contributed by atoms with E-state index in [-0.39, 0.29) is 43.2 Å². The summed E-state index contributed by atoms with van der Waals surface area (Å²) < 4.78 is 29.3. The molecule has 0 radical (unpaired) electrons. The molecule has 0 bridgehead atoms. The number of amides is 2. The number of hydrogen-bond acceptors (Lipinski definition) is 6. The maximum absolute atomic E-state index is 13.3. The second-order valence-corrected chi connectivity index (χ2v) is 8.85. The van der Waals surface area contributed by atoms with Gasteiger partial charge in [0.25, 0.3) is 5.91 Å². The largest absolute Gasteiger partial charge is 0.454 e. The van der Waals surface area contributed by atoms with Crippen LogP contribution in [0.5, 0.6) is 11.5 Å². The molecule has 1 fully saturated rings. The summed E-state index contributed by atoms with van der Waals surface area (Å²) in [5.74, 6) is 1.09. The van der Waals surface area contributed by atoms with Gasteiger partial charge in [-0.2, -0.15) is 0 Å². The second kappa shape index (κ2) is 10.2. The molecule has 2 aliphatic rings. The molecule has 1 aliphatic heterocycles. The Morgan fingerprint density at radius 3 is 2.51 bits per heavy atom. The quantitative estimate of drug-likeness (QED) is 0.521. The molecule has 2 heterocycles. The van der Waals surface area contributed by atoms with Gasteiger partial charge in [-0.15, -0.1) is 0 Å². The van der Waals surface area contributed by atoms with Crippen molar-refractivity contribution in [3.63, 3.8) is 0 Å². The van der Waals surface area contributed by atoms with Gasteiger partial charge in [-0.25, -0.2) is 4.39 Å². The molecule has 182 valence electrons. The van der Waals surface area contributed by atoms with Crippen molar-refractivity contribution in [1.82, 2.24) is 15.4 Å². The van der Waals surface area contributed by atoms with Crippen LogP contribution in [0.4, 0.5) is 4.39 Å². The van der Waals surface area contributed by atoms with Gasteiger partial charge in [0, 0.05) is 25.1 Å². The topological polar surface area (TPSA) is 93.9 Å². The Hall–Kier alpha value is -3.88. The lowest BCUT2D eigenvalue weighted by Gasteiger charge is -2.25. The summed E-state index contributed by atoms with van der Waals surface area (Å²) in [6, 6.07) is 13.1. The van der Waals surface area contributed by atoms with Crippen molar-refractivity contribution in [2.45, 2.75) is 45.3 Å². The van der Waals surface area contributed by atoms with Crippen LogP contribution >= 0.6 is 0 Å². The lowest BCUT2D eigenvalue weighted by atomic mass is 10.1. The lowest BCUT2D eigenvalue weighted by molar-refractivity contribution is -0.137. The third-order valence-corrected chi connectivity index (χ3v) is 6.33. The van der Waals surface area contributed by atoms with Crippen LogP contribution < -0.4 is 14.8 Å². The standard InChI is InChI=1S/C26H26FN3O5/c27-20-8-5-17(6-9-20)13-28-25(31)22-12-21(35-29-22)15-30(26(32)19-3-1-2-4-19)14-18-7-10-23-24(11-18)34-16-33-23/h5-12,19H,1-4,13-16H2,(H,28,31). The van der Waals surface area contributed by atoms with Gasteiger partial charge in [-0.1, -0.05) is 36.2 Å². The average molecular weight is 480 g/mol. The van der Waals surface area contributed by atoms with E-state index in [2.05, 4.69) is 10.5 Å². The van der Waals surface area contributed by atoms with Gasteiger partial charge in [-0.3, -0.25) is 9.59 Å². The zero-order valence-electron chi connectivity index (χ0n) is 19.2. The van der Waals surface area contributed by atoms with Crippen molar-refractivity contribution in [1.29, 1.82) is 0 Å². The predicted molar refractivity (Wildman–Crippen MR) is 123 cm³/mol. The summed E-state index contributed by atoms with van der Waals surface area (Å²) in [5, 5.41) is 6.63. The molecule has 9 heteroatoms. The molecule has 8 nitrogen and oxygen atoms in total. The molecular formula is C26H26FN3O5. The van der Waals surface area contributed by atoms with E-state index in [9.17, 15) is 14.0 Å². The number of ether oxygens (including phenoxy) is 2. The minimum absolute atomic E-state index is 0.00888. The lowest BCUT2D eigenvalue weighted by Crippen LogP contribution is -2.34. The summed E-state index contributed by atoms with van der Waals surface area (Å²) in [5.41, 5.74) is 1.80. The number of aromatic nitrogens is 1. The summed E-state index contributed by atoms with van der Waals surface area (Å²) in [4.78, 5) is 27.6. The van der Waals surface area contributed by atoms with Gasteiger partial charge in [0.1, 0.15) is 5.82 Å². The first-order chi connectivity index (χ1) is 17.0. The molecule has 5 rings (SSSR count). The number of nitrogens with zero attached hydrogens (tertiary/aromatic N) is 2. The van der Waals surface area contributed by atoms with Gasteiger partial charge in [0.2, 0.25) is 12.7 Å². The van der Waals surface area contributed by atoms with Gasteiger partial charge < -0.3 is 24.2 Å². The minimum atomic E-state index is -0.409. The predicted octanol–water partition coefficient (Wildman–Crippen LogP) is 4.19. The highest BCUT2D eigenvalue weighted by Gasteiger charge is 2.29. The molecule has 1 N–H and O–H groups in total. The molecule has 1 aliphatic carbocycles. The van der Waals surface area contributed by atoms with E-state index in [1.54, 1.807) is 23.1 Å². The number of halogens is 1. The van der Waals surface area contributed by atoms with E-state index >= 15 is 0 Å². The Balaban J connectivity index is 1.26. The molecule has 0 spiro atoms. The third kappa shape index (κ3) is 5.45. The van der Waals surface area contributed by atoms with E-state index in [1.165, 1.54) is 12.1 Å². The Labute approximate surface area is 202 Å². The van der Waals surface area contributed by atoms with E-state index in [0.717, 1.165) is 36.8 Å². The Bertz CT molecular complexity index is 1200. The number of carbonyl (C=O) groups is 2. The number of fused-ring (bicyclic) bond motifs is 1. The Kier molecular flexibility index (Phi) is 6.65. The Morgan fingerprint density at radius 2 is 1.71 bits per heavy atom. The molecule has 0 atom stereocenters. The highest BCUT2D eigenvalue weighted by Crippen LogP contribution is 2.33. The first kappa shape index (κ1) is 22.9. The molecular weight excluding hydrogens is 453 g/mol. The maximum Gasteiger partial charge on any atom is 0.273 e. The minimum Gasteiger partial charge on any atom is -0.454 e. The molecule has 3 aromatic rings. The van der Waals surface area contributed by atoms with Gasteiger partial charge in [-0.05, 0) is 48.2 Å². The van der Waals surface area contributed by atoms with Crippen LogP contribution in [0.25, 0.3) is 0 Å². The van der Waals surface area contributed by atoms with E-state index in [4.69, 9.17) is 14.0 Å². The molecule has 1 saturated carbocycles. The molecule has 0 saturated heterocycles. The summed E-state index contributed by atoms with van der Waals surface area (Å²) in [6.45, 7) is 0.992. The summed E-state index contributed by atoms with van der Waals surface area (Å²) in [6.07, 6.45) is 3.86. The number of carbonyl (C=O) groups excluding carboxylic acids is 2. The molecule has 2 amide bonds. The highest BCUT2D eigenvalue weighted by atomic mass is 19.1. The van der Waals surface area contributed by atoms with E-state index < -0.39 is 5.91 Å². The number of hydrogen-bond donors (Lipinski definition) is 1. The smallest absolute Gasteiger partial charge is 0.273 e. The fourth-order valence-electron chi connectivity index (χ4n) is 4.46. The molecule has 2 aromatic carbocycles. The first-order valence-corrected chi connectivity index (χ1v) is 11.7. The monoisotopic (exact) mass is 479 g/mol. The van der Waals surface area contributed by atoms with E-state index in [1.807, 2.05) is 18.2 Å². The van der Waals surface area contributed by atoms with Gasteiger partial charge in [0.05, 0.1) is 6.54 Å². The van der Waals surface area contributed by atoms with Crippen molar-refractivity contribution in [2.75, 3.05) is 6.79 Å². The van der Waals surface area contributed by atoms with Crippen molar-refractivity contribution in [3.8, 4) is 11.5 Å². The van der Waals surface area contributed by atoms with Gasteiger partial charge in [0.15, 0.2) is 23.0 Å². The summed E-state index contributed by atoms with van der Waals surface area (Å²) in [7, 11) is 0. The molecule has 1 aromatic heterocycles. The number of rotatable bonds is 8. The van der Waals surface area contributed by atoms with Crippen LogP contribution in [0.2, 0.25) is 0 Å². The normalized spacial score (nSPS) is 14.8. The van der Waals surface area contributed by atoms with Crippen molar-refractivity contribution >= 4 is 11.8 Å². The zero-order valence-corrected chi connectivity index (χ0v) is 19.2. The second-order valence-electron chi connectivity index (χ2n) is 8.85. The fourth-order valence-corrected chi connectivity index (χ4v) is 4.46. The van der Waals surface area contributed by atoms with Crippen LogP contribution in [0.1, 0.15) is 53.1 Å². The third-order valence-electron chi connectivity index (χ3n) is 6.33. The zero-order chi connectivity index (χ0) is 24.2. The molecule has 35 heavy (non-hydrogen) atoms. The summed E-state index contributed by atoms with van der Waals surface area (Å²) >= 11 is 0. The van der Waals surface area contributed by atoms with Crippen LogP contribution in [0.15, 0.2) is 53.1 Å². The highest BCUT2D eigenvalue weighted by molar-refractivity contribution is 5.92. The van der Waals surface area contributed by atoms with Crippen molar-refractivity contribution in [2.24, 2.45) is 5.92 Å². The van der Waals surface area contributed by atoms with Gasteiger partial charge >= 0.3 is 0 Å². The van der Waals surface area contributed by atoms with Crippen molar-refractivity contribution in [3.05, 3.63) is 76.9 Å². The van der Waals surface area contributed by atoms with E-state index in [0.29, 0.717) is 23.8 Å². The number of nitrogens with one attached hydrogen (secondary N) is 1. The molecule has 0 unspecified atom stereocenters. The SMILES string of the molecule is O=C(NCc1ccc(F)cc1)c1cc(CN(Cc2ccc3c(c2)OCO3)C(=O)C2CCCC2)on1. The fraction of sp³-hybridized carbons (Fsp3) is 0.346. The average Bonchev–Trinajstić information content (AvgIpc) is 3.64. The first-order valence-electron chi connectivity index (χ1n) is 11.7. The van der Waals surface area contributed by atoms with Crippen LogP contribution in [0.3, 0.4) is 0 Å². The number of benzene rings is 2. The Morgan fingerprint density at radius 1 is 0.971 bits per heavy atom.